The summed E-state index contributed by atoms with van der Waals surface area (Å²) in [5, 5.41) is 10.8. The van der Waals surface area contributed by atoms with Crippen LogP contribution in [0, 0.1) is 12.7 Å². The number of carbonyl (C=O) groups excluding carboxylic acids is 1. The molecule has 0 unspecified atom stereocenters. The zero-order valence-electron chi connectivity index (χ0n) is 18.3. The normalized spacial score (nSPS) is 19.0. The first kappa shape index (κ1) is 23.0. The van der Waals surface area contributed by atoms with Crippen molar-refractivity contribution in [3.05, 3.63) is 53.2 Å². The second-order valence-electron chi connectivity index (χ2n) is 8.38. The first-order valence-electron chi connectivity index (χ1n) is 10.9. The smallest absolute Gasteiger partial charge is 0.382 e. The summed E-state index contributed by atoms with van der Waals surface area (Å²) in [6.45, 7) is 4.29. The number of benzene rings is 1. The molecule has 1 amide bonds. The monoisotopic (exact) mass is 463 g/mol. The minimum absolute atomic E-state index is 0.0672. The van der Waals surface area contributed by atoms with Crippen LogP contribution in [0.25, 0.3) is 10.9 Å². The Kier molecular flexibility index (Phi) is 6.27. The summed E-state index contributed by atoms with van der Waals surface area (Å²) in [6, 6.07) is 5.84. The van der Waals surface area contributed by atoms with Gasteiger partial charge in [0.2, 0.25) is 0 Å². The van der Waals surface area contributed by atoms with Crippen LogP contribution < -0.4 is 10.6 Å². The summed E-state index contributed by atoms with van der Waals surface area (Å²) in [4.78, 5) is 16.4. The Morgan fingerprint density at radius 2 is 1.94 bits per heavy atom. The van der Waals surface area contributed by atoms with Crippen molar-refractivity contribution in [1.29, 1.82) is 0 Å². The molecule has 2 aromatic heterocycles. The van der Waals surface area contributed by atoms with Gasteiger partial charge in [-0.05, 0) is 69.9 Å². The van der Waals surface area contributed by atoms with Gasteiger partial charge >= 0.3 is 6.18 Å². The molecule has 2 atom stereocenters. The van der Waals surface area contributed by atoms with Crippen LogP contribution >= 0.6 is 0 Å². The molecule has 10 heteroatoms. The molecule has 1 saturated carbocycles. The number of hydrogen-bond donors (Lipinski definition) is 2. The van der Waals surface area contributed by atoms with Gasteiger partial charge in [-0.1, -0.05) is 0 Å². The predicted molar refractivity (Wildman–Crippen MR) is 116 cm³/mol. The maximum absolute atomic E-state index is 13.8. The summed E-state index contributed by atoms with van der Waals surface area (Å²) < 4.78 is 55.6. The van der Waals surface area contributed by atoms with Crippen LogP contribution in [-0.2, 0) is 12.7 Å². The lowest BCUT2D eigenvalue weighted by molar-refractivity contribution is -0.140. The molecule has 1 aliphatic carbocycles. The fourth-order valence-corrected chi connectivity index (χ4v) is 4.36. The third-order valence-corrected chi connectivity index (χ3v) is 5.86. The Bertz CT molecular complexity index is 1170. The van der Waals surface area contributed by atoms with E-state index in [2.05, 4.69) is 20.7 Å². The van der Waals surface area contributed by atoms with E-state index in [9.17, 15) is 22.4 Å². The average molecular weight is 463 g/mol. The summed E-state index contributed by atoms with van der Waals surface area (Å²) in [5.74, 6) is -0.775. The van der Waals surface area contributed by atoms with Gasteiger partial charge < -0.3 is 10.6 Å². The van der Waals surface area contributed by atoms with Crippen molar-refractivity contribution in [2.45, 2.75) is 64.3 Å². The number of fused-ring (bicyclic) bond motifs is 1. The molecular formula is C23H25F4N5O. The van der Waals surface area contributed by atoms with Crippen LogP contribution in [-0.4, -0.2) is 32.8 Å². The third kappa shape index (κ3) is 5.09. The van der Waals surface area contributed by atoms with Crippen LogP contribution in [0.1, 0.15) is 54.5 Å². The molecule has 0 saturated heterocycles. The summed E-state index contributed by atoms with van der Waals surface area (Å²) in [5.41, 5.74) is 0.451. The molecule has 4 rings (SSSR count). The van der Waals surface area contributed by atoms with Gasteiger partial charge in [0.05, 0.1) is 11.2 Å². The van der Waals surface area contributed by atoms with Crippen LogP contribution in [0.3, 0.4) is 0 Å². The molecule has 0 bridgehead atoms. The number of halogens is 4. The van der Waals surface area contributed by atoms with Gasteiger partial charge in [0, 0.05) is 29.7 Å². The van der Waals surface area contributed by atoms with Gasteiger partial charge in [0.25, 0.3) is 5.91 Å². The van der Waals surface area contributed by atoms with E-state index >= 15 is 0 Å². The lowest BCUT2D eigenvalue weighted by Gasteiger charge is -2.31. The van der Waals surface area contributed by atoms with Crippen molar-refractivity contribution in [3.63, 3.8) is 0 Å². The number of nitrogens with zero attached hydrogens (tertiary/aromatic N) is 3. The fourth-order valence-electron chi connectivity index (χ4n) is 4.36. The van der Waals surface area contributed by atoms with Gasteiger partial charge in [0.1, 0.15) is 17.2 Å². The van der Waals surface area contributed by atoms with Gasteiger partial charge in [-0.25, -0.2) is 9.37 Å². The van der Waals surface area contributed by atoms with Crippen LogP contribution in [0.5, 0.6) is 0 Å². The Labute approximate surface area is 188 Å². The molecule has 0 radical (unpaired) electrons. The highest BCUT2D eigenvalue weighted by atomic mass is 19.4. The number of anilines is 1. The molecule has 0 spiro atoms. The number of aryl methyl sites for hydroxylation is 2. The van der Waals surface area contributed by atoms with Crippen molar-refractivity contribution >= 4 is 22.5 Å². The Hall–Kier alpha value is -3.17. The number of nitrogens with one attached hydrogen (secondary N) is 2. The van der Waals surface area contributed by atoms with E-state index in [1.165, 1.54) is 12.1 Å². The van der Waals surface area contributed by atoms with Crippen LogP contribution in [0.2, 0.25) is 0 Å². The number of aromatic nitrogens is 3. The fraction of sp³-hybridized carbons (Fsp3) is 0.435. The number of amides is 1. The average Bonchev–Trinajstić information content (AvgIpc) is 3.14. The third-order valence-electron chi connectivity index (χ3n) is 5.86. The van der Waals surface area contributed by atoms with E-state index in [1.54, 1.807) is 10.7 Å². The van der Waals surface area contributed by atoms with Gasteiger partial charge in [-0.2, -0.15) is 18.3 Å². The molecule has 2 N–H and O–H groups in total. The van der Waals surface area contributed by atoms with Crippen molar-refractivity contribution in [2.24, 2.45) is 0 Å². The number of hydrogen-bond acceptors (Lipinski definition) is 4. The molecule has 6 nitrogen and oxygen atoms in total. The van der Waals surface area contributed by atoms with E-state index in [4.69, 9.17) is 0 Å². The lowest BCUT2D eigenvalue weighted by Crippen LogP contribution is -2.42. The Morgan fingerprint density at radius 1 is 1.18 bits per heavy atom. The second-order valence-corrected chi connectivity index (χ2v) is 8.38. The number of carbonyl (C=O) groups is 1. The molecule has 176 valence electrons. The number of pyridine rings is 1. The highest BCUT2D eigenvalue weighted by Gasteiger charge is 2.34. The topological polar surface area (TPSA) is 71.8 Å². The highest BCUT2D eigenvalue weighted by Crippen LogP contribution is 2.34. The summed E-state index contributed by atoms with van der Waals surface area (Å²) >= 11 is 0. The second kappa shape index (κ2) is 8.99. The van der Waals surface area contributed by atoms with Gasteiger partial charge in [-0.3, -0.25) is 9.48 Å². The minimum atomic E-state index is -4.62. The van der Waals surface area contributed by atoms with E-state index in [-0.39, 0.29) is 34.6 Å². The van der Waals surface area contributed by atoms with Gasteiger partial charge in [0.15, 0.2) is 0 Å². The van der Waals surface area contributed by atoms with Crippen molar-refractivity contribution in [3.8, 4) is 0 Å². The predicted octanol–water partition coefficient (Wildman–Crippen LogP) is 5.07. The first-order chi connectivity index (χ1) is 15.6. The SMILES string of the molecule is CCn1nc(C)cc1C(=O)N[C@@H]1CCC[C@H](Nc2cc(C(F)(F)F)nc3ccc(F)cc23)C1. The van der Waals surface area contributed by atoms with Crippen molar-refractivity contribution in [1.82, 2.24) is 20.1 Å². The first-order valence-corrected chi connectivity index (χ1v) is 10.9. The molecule has 1 fully saturated rings. The van der Waals surface area contributed by atoms with E-state index < -0.39 is 17.7 Å². The van der Waals surface area contributed by atoms with E-state index in [1.807, 2.05) is 13.8 Å². The molecule has 0 aliphatic heterocycles. The molecule has 3 aromatic rings. The molecule has 33 heavy (non-hydrogen) atoms. The molecule has 1 aliphatic rings. The number of alkyl halides is 3. The molecular weight excluding hydrogens is 438 g/mol. The molecule has 2 heterocycles. The van der Waals surface area contributed by atoms with Crippen LogP contribution in [0.4, 0.5) is 23.2 Å². The summed E-state index contributed by atoms with van der Waals surface area (Å²) in [6.07, 6.45) is -1.81. The Balaban J connectivity index is 1.53. The van der Waals surface area contributed by atoms with Crippen molar-refractivity contribution < 1.29 is 22.4 Å². The quantitative estimate of drug-likeness (QED) is 0.519. The number of rotatable bonds is 5. The van der Waals surface area contributed by atoms with E-state index in [0.29, 0.717) is 18.7 Å². The highest BCUT2D eigenvalue weighted by molar-refractivity contribution is 5.93. The maximum atomic E-state index is 13.8. The van der Waals surface area contributed by atoms with Gasteiger partial charge in [-0.15, -0.1) is 0 Å². The van der Waals surface area contributed by atoms with Crippen molar-refractivity contribution in [2.75, 3.05) is 5.32 Å². The summed E-state index contributed by atoms with van der Waals surface area (Å²) in [7, 11) is 0. The largest absolute Gasteiger partial charge is 0.433 e. The lowest BCUT2D eigenvalue weighted by atomic mass is 9.90. The molecule has 1 aromatic carbocycles. The zero-order valence-corrected chi connectivity index (χ0v) is 18.3. The maximum Gasteiger partial charge on any atom is 0.433 e. The minimum Gasteiger partial charge on any atom is -0.382 e. The Morgan fingerprint density at radius 3 is 2.67 bits per heavy atom. The van der Waals surface area contributed by atoms with Crippen LogP contribution in [0.15, 0.2) is 30.3 Å². The standard InChI is InChI=1S/C23H25F4N5O/c1-3-32-20(9-13(2)31-32)22(33)29-16-6-4-5-15(11-16)28-19-12-21(23(25,26)27)30-18-8-7-14(24)10-17(18)19/h7-10,12,15-16H,3-6,11H2,1-2H3,(H,28,30)(H,29,33)/t15-,16+/m0/s1. The van der Waals surface area contributed by atoms with E-state index in [0.717, 1.165) is 37.1 Å². The zero-order chi connectivity index (χ0) is 23.8.